The smallest absolute Gasteiger partial charge is 0.462 e. The van der Waals surface area contributed by atoms with Gasteiger partial charge in [0.1, 0.15) is 19.3 Å². The van der Waals surface area contributed by atoms with Gasteiger partial charge in [0.25, 0.3) is 0 Å². The Bertz CT molecular complexity index is 1520. The van der Waals surface area contributed by atoms with Crippen molar-refractivity contribution in [3.05, 3.63) is 0 Å². The maximum absolute atomic E-state index is 12.9. The predicted octanol–water partition coefficient (Wildman–Crippen LogP) is 15.5. The minimum atomic E-state index is -4.93. The Labute approximate surface area is 467 Å². The molecule has 0 aliphatic rings. The van der Waals surface area contributed by atoms with Crippen molar-refractivity contribution in [1.29, 1.82) is 0 Å². The van der Waals surface area contributed by atoms with Crippen LogP contribution in [0.5, 0.6) is 0 Å². The lowest BCUT2D eigenvalue weighted by Crippen LogP contribution is -2.30. The number of phosphoric ester groups is 2. The van der Waals surface area contributed by atoms with Gasteiger partial charge in [-0.15, -0.1) is 0 Å². The van der Waals surface area contributed by atoms with Crippen molar-refractivity contribution >= 4 is 39.5 Å². The molecule has 0 spiro atoms. The normalized spacial score (nSPS) is 14.4. The number of hydrogen-bond acceptors (Lipinski definition) is 15. The molecular formula is C58H112O17P2. The fourth-order valence-corrected chi connectivity index (χ4v) is 10.1. The summed E-state index contributed by atoms with van der Waals surface area (Å²) in [5.74, 6) is -1.46. The molecule has 0 radical (unpaired) electrons. The monoisotopic (exact) mass is 1140 g/mol. The van der Waals surface area contributed by atoms with Crippen LogP contribution in [0.1, 0.15) is 285 Å². The molecule has 0 bridgehead atoms. The van der Waals surface area contributed by atoms with Crippen LogP contribution >= 0.6 is 15.6 Å². The van der Waals surface area contributed by atoms with Gasteiger partial charge in [-0.05, 0) is 31.6 Å². The first-order chi connectivity index (χ1) is 37.0. The first-order valence-electron chi connectivity index (χ1n) is 30.6. The zero-order valence-electron chi connectivity index (χ0n) is 49.1. The molecule has 0 aliphatic heterocycles. The second-order valence-electron chi connectivity index (χ2n) is 21.5. The van der Waals surface area contributed by atoms with E-state index in [4.69, 9.17) is 37.0 Å². The van der Waals surface area contributed by atoms with Gasteiger partial charge in [0.2, 0.25) is 0 Å². The molecule has 0 aromatic rings. The van der Waals surface area contributed by atoms with Crippen LogP contribution in [-0.2, 0) is 65.4 Å². The van der Waals surface area contributed by atoms with Gasteiger partial charge in [-0.3, -0.25) is 37.3 Å². The fourth-order valence-electron chi connectivity index (χ4n) is 8.52. The predicted molar refractivity (Wildman–Crippen MR) is 303 cm³/mol. The van der Waals surface area contributed by atoms with Gasteiger partial charge in [0, 0.05) is 25.7 Å². The Kier molecular flexibility index (Phi) is 50.8. The number of unbranched alkanes of at least 4 members (excludes halogenated alkanes) is 30. The summed E-state index contributed by atoms with van der Waals surface area (Å²) >= 11 is 0. The molecule has 5 atom stereocenters. The van der Waals surface area contributed by atoms with Crippen molar-refractivity contribution in [2.24, 2.45) is 5.92 Å². The molecule has 19 heteroatoms. The molecule has 0 fully saturated rings. The van der Waals surface area contributed by atoms with Gasteiger partial charge in [0.05, 0.1) is 26.4 Å². The number of hydrogen-bond donors (Lipinski definition) is 3. The van der Waals surface area contributed by atoms with Crippen LogP contribution < -0.4 is 0 Å². The van der Waals surface area contributed by atoms with Gasteiger partial charge in [-0.25, -0.2) is 9.13 Å². The summed E-state index contributed by atoms with van der Waals surface area (Å²) in [5, 5.41) is 10.5. The van der Waals surface area contributed by atoms with Crippen molar-refractivity contribution < 1.29 is 80.2 Å². The van der Waals surface area contributed by atoms with Gasteiger partial charge in [-0.1, -0.05) is 234 Å². The summed E-state index contributed by atoms with van der Waals surface area (Å²) in [6.45, 7) is 6.99. The van der Waals surface area contributed by atoms with Gasteiger partial charge >= 0.3 is 39.5 Å². The minimum Gasteiger partial charge on any atom is -0.462 e. The summed E-state index contributed by atoms with van der Waals surface area (Å²) < 4.78 is 67.5. The molecule has 0 aromatic heterocycles. The number of esters is 4. The van der Waals surface area contributed by atoms with Crippen molar-refractivity contribution in [1.82, 2.24) is 0 Å². The molecule has 77 heavy (non-hydrogen) atoms. The number of aliphatic hydroxyl groups is 1. The van der Waals surface area contributed by atoms with E-state index >= 15 is 0 Å². The van der Waals surface area contributed by atoms with Crippen LogP contribution in [0.3, 0.4) is 0 Å². The lowest BCUT2D eigenvalue weighted by molar-refractivity contribution is -0.161. The fraction of sp³-hybridized carbons (Fsp3) is 0.931. The molecule has 0 heterocycles. The molecule has 456 valence electrons. The number of ether oxygens (including phenoxy) is 4. The zero-order valence-corrected chi connectivity index (χ0v) is 50.9. The summed E-state index contributed by atoms with van der Waals surface area (Å²) in [4.78, 5) is 71.6. The third-order valence-electron chi connectivity index (χ3n) is 13.3. The number of phosphoric acid groups is 2. The highest BCUT2D eigenvalue weighted by molar-refractivity contribution is 7.47. The van der Waals surface area contributed by atoms with Crippen LogP contribution in [0, 0.1) is 5.92 Å². The van der Waals surface area contributed by atoms with Crippen LogP contribution in [-0.4, -0.2) is 96.7 Å². The Hall–Kier alpha value is -1.94. The van der Waals surface area contributed by atoms with Crippen molar-refractivity contribution in [3.63, 3.8) is 0 Å². The highest BCUT2D eigenvalue weighted by Crippen LogP contribution is 2.45. The van der Waals surface area contributed by atoms with Gasteiger partial charge < -0.3 is 33.8 Å². The summed E-state index contributed by atoms with van der Waals surface area (Å²) in [6, 6.07) is 0. The molecule has 0 amide bonds. The molecule has 3 N–H and O–H groups in total. The molecule has 0 saturated heterocycles. The van der Waals surface area contributed by atoms with E-state index in [1.165, 1.54) is 103 Å². The van der Waals surface area contributed by atoms with E-state index in [-0.39, 0.29) is 25.7 Å². The van der Waals surface area contributed by atoms with E-state index in [1.54, 1.807) is 0 Å². The molecule has 0 aromatic carbocycles. The lowest BCUT2D eigenvalue weighted by Gasteiger charge is -2.21. The Morgan fingerprint density at radius 3 is 0.883 bits per heavy atom. The van der Waals surface area contributed by atoms with Crippen molar-refractivity contribution in [2.75, 3.05) is 39.6 Å². The van der Waals surface area contributed by atoms with Crippen LogP contribution in [0.2, 0.25) is 0 Å². The Morgan fingerprint density at radius 2 is 0.597 bits per heavy atom. The third kappa shape index (κ3) is 53.2. The van der Waals surface area contributed by atoms with E-state index in [2.05, 4.69) is 34.6 Å². The highest BCUT2D eigenvalue weighted by atomic mass is 31.2. The van der Waals surface area contributed by atoms with E-state index < -0.39 is 97.5 Å². The molecular weight excluding hydrogens is 1030 g/mol. The molecule has 0 saturated carbocycles. The van der Waals surface area contributed by atoms with Crippen molar-refractivity contribution in [3.8, 4) is 0 Å². The quantitative estimate of drug-likeness (QED) is 0.0222. The SMILES string of the molecule is CCCCCCCCCCCCCC(=O)OC[C@H](COP(=O)(O)OC[C@@H](O)COP(=O)(O)OC[C@@H](COC(=O)CCCCCCC)OC(=O)CCCCCCCCCC(C)C)OC(=O)CCCCCCCCCCCCC. The van der Waals surface area contributed by atoms with Crippen molar-refractivity contribution in [2.45, 2.75) is 303 Å². The number of aliphatic hydroxyl groups excluding tert-OH is 1. The molecule has 0 rings (SSSR count). The second-order valence-corrected chi connectivity index (χ2v) is 24.4. The number of carbonyl (C=O) groups is 4. The largest absolute Gasteiger partial charge is 0.472 e. The topological polar surface area (TPSA) is 237 Å². The van der Waals surface area contributed by atoms with Gasteiger partial charge in [0.15, 0.2) is 12.2 Å². The van der Waals surface area contributed by atoms with E-state index in [1.807, 2.05) is 0 Å². The number of rotatable bonds is 58. The third-order valence-corrected chi connectivity index (χ3v) is 15.2. The lowest BCUT2D eigenvalue weighted by atomic mass is 10.0. The summed E-state index contributed by atoms with van der Waals surface area (Å²) in [5.41, 5.74) is 0. The van der Waals surface area contributed by atoms with E-state index in [0.29, 0.717) is 31.6 Å². The molecule has 0 aliphatic carbocycles. The van der Waals surface area contributed by atoms with Gasteiger partial charge in [-0.2, -0.15) is 0 Å². The highest BCUT2D eigenvalue weighted by Gasteiger charge is 2.30. The maximum atomic E-state index is 12.9. The first kappa shape index (κ1) is 75.1. The average Bonchev–Trinajstić information content (AvgIpc) is 3.39. The van der Waals surface area contributed by atoms with Crippen LogP contribution in [0.25, 0.3) is 0 Å². The van der Waals surface area contributed by atoms with E-state index in [9.17, 15) is 43.2 Å². The molecule has 17 nitrogen and oxygen atoms in total. The summed E-state index contributed by atoms with van der Waals surface area (Å²) in [6.07, 6.45) is 33.8. The van der Waals surface area contributed by atoms with Crippen LogP contribution in [0.4, 0.5) is 0 Å². The Morgan fingerprint density at radius 1 is 0.351 bits per heavy atom. The number of carbonyl (C=O) groups excluding carboxylic acids is 4. The second kappa shape index (κ2) is 52.2. The average molecular weight is 1140 g/mol. The zero-order chi connectivity index (χ0) is 57.1. The summed E-state index contributed by atoms with van der Waals surface area (Å²) in [7, 11) is -9.86. The Balaban J connectivity index is 5.18. The van der Waals surface area contributed by atoms with E-state index in [0.717, 1.165) is 96.3 Å². The molecule has 2 unspecified atom stereocenters. The standard InChI is InChI=1S/C58H112O17P2/c1-6-9-12-15-17-19-21-23-27-32-37-42-56(61)69-48-54(75-57(62)43-38-33-28-24-22-20-18-16-13-10-7-2)50-73-77(66,67)71-46-52(59)45-70-76(64,65)72-49-53(47-68-55(60)41-36-30-14-11-8-3)74-58(63)44-39-34-29-25-26-31-35-40-51(4)5/h51-54,59H,6-50H2,1-5H3,(H,64,65)(H,66,67)/t52-,53+,54+/m0/s1. The maximum Gasteiger partial charge on any atom is 0.472 e. The first-order valence-corrected chi connectivity index (χ1v) is 33.6. The minimum absolute atomic E-state index is 0.103. The van der Waals surface area contributed by atoms with Crippen LogP contribution in [0.15, 0.2) is 0 Å².